The first-order chi connectivity index (χ1) is 9.04. The van der Waals surface area contributed by atoms with Gasteiger partial charge in [0, 0.05) is 5.56 Å². The van der Waals surface area contributed by atoms with Crippen LogP contribution in [-0.2, 0) is 4.79 Å². The lowest BCUT2D eigenvalue weighted by molar-refractivity contribution is -0.120. The molecular formula is C13H16Cl2N2O2. The topological polar surface area (TPSA) is 64.3 Å². The van der Waals surface area contributed by atoms with Crippen molar-refractivity contribution < 1.29 is 9.53 Å². The van der Waals surface area contributed by atoms with Crippen LogP contribution in [0.5, 0.6) is 5.75 Å². The number of halogens is 2. The molecule has 2 rings (SSSR count). The molecular weight excluding hydrogens is 287 g/mol. The van der Waals surface area contributed by atoms with Crippen LogP contribution in [-0.4, -0.2) is 25.6 Å². The number of nitrogens with one attached hydrogen (secondary N) is 1. The first kappa shape index (κ1) is 14.4. The molecule has 1 fully saturated rings. The molecule has 0 radical (unpaired) electrons. The van der Waals surface area contributed by atoms with Crippen LogP contribution >= 0.6 is 23.2 Å². The maximum absolute atomic E-state index is 11.3. The summed E-state index contributed by atoms with van der Waals surface area (Å²) in [7, 11) is 1.59. The van der Waals surface area contributed by atoms with Gasteiger partial charge in [-0.15, -0.1) is 0 Å². The van der Waals surface area contributed by atoms with Gasteiger partial charge in [0.05, 0.1) is 23.2 Å². The number of carbonyl (C=O) groups excluding carboxylic acids is 1. The fourth-order valence-corrected chi connectivity index (χ4v) is 2.98. The third-order valence-corrected chi connectivity index (χ3v) is 4.29. The summed E-state index contributed by atoms with van der Waals surface area (Å²) in [5.41, 5.74) is 6.22. The number of hydrogen-bond acceptors (Lipinski definition) is 3. The molecule has 4 nitrogen and oxygen atoms in total. The fraction of sp³-hybridized carbons (Fsp3) is 0.462. The normalized spacial score (nSPS) is 23.1. The van der Waals surface area contributed by atoms with Crippen molar-refractivity contribution in [3.05, 3.63) is 27.7 Å². The molecule has 19 heavy (non-hydrogen) atoms. The van der Waals surface area contributed by atoms with E-state index < -0.39 is 0 Å². The van der Waals surface area contributed by atoms with Gasteiger partial charge in [-0.1, -0.05) is 23.2 Å². The van der Waals surface area contributed by atoms with Gasteiger partial charge in [0.15, 0.2) is 0 Å². The number of amides is 1. The average Bonchev–Trinajstić information content (AvgIpc) is 2.41. The van der Waals surface area contributed by atoms with Crippen molar-refractivity contribution >= 4 is 29.1 Å². The molecule has 1 aliphatic rings. The molecule has 0 aromatic heterocycles. The van der Waals surface area contributed by atoms with Gasteiger partial charge in [-0.05, 0) is 37.4 Å². The summed E-state index contributed by atoms with van der Waals surface area (Å²) in [6, 6.07) is 3.17. The number of ether oxygens (including phenoxy) is 1. The first-order valence-corrected chi connectivity index (χ1v) is 6.84. The van der Waals surface area contributed by atoms with Crippen LogP contribution in [0.2, 0.25) is 10.0 Å². The molecule has 0 bridgehead atoms. The molecule has 0 saturated carbocycles. The Morgan fingerprint density at radius 1 is 1.47 bits per heavy atom. The van der Waals surface area contributed by atoms with Crippen molar-refractivity contribution in [1.82, 2.24) is 5.32 Å². The van der Waals surface area contributed by atoms with Crippen LogP contribution < -0.4 is 15.8 Å². The van der Waals surface area contributed by atoms with Crippen molar-refractivity contribution in [2.45, 2.75) is 24.8 Å². The SMILES string of the molecule is COc1ccc(Cl)c(Cl)c1C1CCNC(C(N)=O)C1. The molecule has 2 unspecified atom stereocenters. The quantitative estimate of drug-likeness (QED) is 0.900. The maximum Gasteiger partial charge on any atom is 0.234 e. The van der Waals surface area contributed by atoms with E-state index in [4.69, 9.17) is 33.7 Å². The van der Waals surface area contributed by atoms with Crippen LogP contribution in [0, 0.1) is 0 Å². The maximum atomic E-state index is 11.3. The Hall–Kier alpha value is -0.970. The summed E-state index contributed by atoms with van der Waals surface area (Å²) in [6.07, 6.45) is 1.46. The zero-order chi connectivity index (χ0) is 14.0. The minimum Gasteiger partial charge on any atom is -0.496 e. The molecule has 0 aliphatic carbocycles. The number of methoxy groups -OCH3 is 1. The molecule has 1 aromatic rings. The van der Waals surface area contributed by atoms with Gasteiger partial charge in [0.1, 0.15) is 5.75 Å². The van der Waals surface area contributed by atoms with Gasteiger partial charge in [0.2, 0.25) is 5.91 Å². The molecule has 2 atom stereocenters. The summed E-state index contributed by atoms with van der Waals surface area (Å²) in [5, 5.41) is 4.09. The van der Waals surface area contributed by atoms with E-state index in [0.29, 0.717) is 28.8 Å². The van der Waals surface area contributed by atoms with Crippen LogP contribution in [0.25, 0.3) is 0 Å². The van der Waals surface area contributed by atoms with Gasteiger partial charge >= 0.3 is 0 Å². The lowest BCUT2D eigenvalue weighted by Gasteiger charge is -2.30. The van der Waals surface area contributed by atoms with E-state index in [9.17, 15) is 4.79 Å². The molecule has 1 aromatic carbocycles. The molecule has 1 amide bonds. The van der Waals surface area contributed by atoms with E-state index in [1.807, 2.05) is 0 Å². The van der Waals surface area contributed by atoms with E-state index in [2.05, 4.69) is 5.32 Å². The second kappa shape index (κ2) is 5.99. The highest BCUT2D eigenvalue weighted by molar-refractivity contribution is 6.42. The van der Waals surface area contributed by atoms with Crippen molar-refractivity contribution in [1.29, 1.82) is 0 Å². The standard InChI is InChI=1S/C13H16Cl2N2O2/c1-19-10-3-2-8(14)12(15)11(10)7-4-5-17-9(6-7)13(16)18/h2-3,7,9,17H,4-6H2,1H3,(H2,16,18). The van der Waals surface area contributed by atoms with Crippen molar-refractivity contribution in [3.8, 4) is 5.75 Å². The fourth-order valence-electron chi connectivity index (χ4n) is 2.50. The van der Waals surface area contributed by atoms with E-state index in [1.165, 1.54) is 0 Å². The number of rotatable bonds is 3. The van der Waals surface area contributed by atoms with Gasteiger partial charge in [-0.25, -0.2) is 0 Å². The number of benzene rings is 1. The largest absolute Gasteiger partial charge is 0.496 e. The van der Waals surface area contributed by atoms with Crippen molar-refractivity contribution in [2.75, 3.05) is 13.7 Å². The minimum absolute atomic E-state index is 0.111. The lowest BCUT2D eigenvalue weighted by atomic mass is 9.85. The molecule has 104 valence electrons. The smallest absolute Gasteiger partial charge is 0.234 e. The zero-order valence-corrected chi connectivity index (χ0v) is 12.1. The number of piperidine rings is 1. The Morgan fingerprint density at radius 3 is 2.84 bits per heavy atom. The Kier molecular flexibility index (Phi) is 4.55. The monoisotopic (exact) mass is 302 g/mol. The third kappa shape index (κ3) is 2.96. The van der Waals surface area contributed by atoms with Gasteiger partial charge < -0.3 is 15.8 Å². The zero-order valence-electron chi connectivity index (χ0n) is 10.6. The molecule has 0 spiro atoms. The van der Waals surface area contributed by atoms with Crippen LogP contribution in [0.1, 0.15) is 24.3 Å². The van der Waals surface area contributed by atoms with Crippen LogP contribution in [0.4, 0.5) is 0 Å². The third-order valence-electron chi connectivity index (χ3n) is 3.47. The highest BCUT2D eigenvalue weighted by Crippen LogP contribution is 2.42. The molecule has 3 N–H and O–H groups in total. The van der Waals surface area contributed by atoms with E-state index in [-0.39, 0.29) is 17.9 Å². The summed E-state index contributed by atoms with van der Waals surface area (Å²) < 4.78 is 5.35. The summed E-state index contributed by atoms with van der Waals surface area (Å²) in [4.78, 5) is 11.3. The highest BCUT2D eigenvalue weighted by Gasteiger charge is 2.30. The number of carbonyl (C=O) groups is 1. The van der Waals surface area contributed by atoms with E-state index in [1.54, 1.807) is 19.2 Å². The predicted molar refractivity (Wildman–Crippen MR) is 76.0 cm³/mol. The van der Waals surface area contributed by atoms with Crippen molar-refractivity contribution in [3.63, 3.8) is 0 Å². The van der Waals surface area contributed by atoms with Gasteiger partial charge in [0.25, 0.3) is 0 Å². The highest BCUT2D eigenvalue weighted by atomic mass is 35.5. The first-order valence-electron chi connectivity index (χ1n) is 6.09. The summed E-state index contributed by atoms with van der Waals surface area (Å²) in [6.45, 7) is 0.713. The second-order valence-corrected chi connectivity index (χ2v) is 5.39. The van der Waals surface area contributed by atoms with Gasteiger partial charge in [-0.3, -0.25) is 4.79 Å². The molecule has 1 aliphatic heterocycles. The predicted octanol–water partition coefficient (Wildman–Crippen LogP) is 2.32. The Labute approximate surface area is 122 Å². The average molecular weight is 303 g/mol. The Morgan fingerprint density at radius 2 is 2.21 bits per heavy atom. The second-order valence-electron chi connectivity index (χ2n) is 4.61. The minimum atomic E-state index is -0.346. The van der Waals surface area contributed by atoms with Gasteiger partial charge in [-0.2, -0.15) is 0 Å². The molecule has 1 saturated heterocycles. The molecule has 1 heterocycles. The lowest BCUT2D eigenvalue weighted by Crippen LogP contribution is -2.46. The van der Waals surface area contributed by atoms with Crippen molar-refractivity contribution in [2.24, 2.45) is 5.73 Å². The summed E-state index contributed by atoms with van der Waals surface area (Å²) >= 11 is 12.4. The van der Waals surface area contributed by atoms with E-state index in [0.717, 1.165) is 12.0 Å². The van der Waals surface area contributed by atoms with E-state index >= 15 is 0 Å². The Balaban J connectivity index is 2.35. The summed E-state index contributed by atoms with van der Waals surface area (Å²) in [5.74, 6) is 0.464. The Bertz CT molecular complexity index is 494. The van der Waals surface area contributed by atoms with Crippen LogP contribution in [0.3, 0.4) is 0 Å². The molecule has 6 heteroatoms. The number of primary amides is 1. The van der Waals surface area contributed by atoms with Crippen LogP contribution in [0.15, 0.2) is 12.1 Å². The number of hydrogen-bond donors (Lipinski definition) is 2. The number of nitrogens with two attached hydrogens (primary N) is 1.